The highest BCUT2D eigenvalue weighted by Gasteiger charge is 2.27. The molecular formula is C21H41N5O. The number of carbonyl (C=O) groups is 1. The molecule has 2 rings (SSSR count). The molecule has 1 atom stereocenters. The molecule has 6 heteroatoms. The number of nitrogens with zero attached hydrogens (tertiary/aromatic N) is 3. The minimum atomic E-state index is 0.196. The van der Waals surface area contributed by atoms with Crippen molar-refractivity contribution in [3.05, 3.63) is 0 Å². The maximum Gasteiger partial charge on any atom is 0.225 e. The molecule has 0 aliphatic carbocycles. The molecule has 0 spiro atoms. The quantitative estimate of drug-likeness (QED) is 0.526. The summed E-state index contributed by atoms with van der Waals surface area (Å²) in [6.45, 7) is 12.2. The van der Waals surface area contributed by atoms with Crippen LogP contribution in [0.15, 0.2) is 4.99 Å². The lowest BCUT2D eigenvalue weighted by Crippen LogP contribution is -2.50. The summed E-state index contributed by atoms with van der Waals surface area (Å²) in [6.07, 6.45) is 6.46. The number of hydrogen-bond acceptors (Lipinski definition) is 3. The van der Waals surface area contributed by atoms with Gasteiger partial charge >= 0.3 is 0 Å². The van der Waals surface area contributed by atoms with E-state index in [1.165, 1.54) is 19.4 Å². The molecular weight excluding hydrogens is 338 g/mol. The highest BCUT2D eigenvalue weighted by Crippen LogP contribution is 2.18. The minimum Gasteiger partial charge on any atom is -0.357 e. The second kappa shape index (κ2) is 11.5. The van der Waals surface area contributed by atoms with Crippen LogP contribution in [0.25, 0.3) is 0 Å². The largest absolute Gasteiger partial charge is 0.357 e. The summed E-state index contributed by atoms with van der Waals surface area (Å²) in [6, 6.07) is 0.405. The lowest BCUT2D eigenvalue weighted by molar-refractivity contribution is -0.136. The minimum absolute atomic E-state index is 0.196. The molecule has 6 nitrogen and oxygen atoms in total. The number of amides is 1. The molecule has 2 heterocycles. The van der Waals surface area contributed by atoms with Crippen molar-refractivity contribution in [3.63, 3.8) is 0 Å². The van der Waals surface area contributed by atoms with Gasteiger partial charge in [0.15, 0.2) is 5.96 Å². The first-order valence-electron chi connectivity index (χ1n) is 11.1. The maximum absolute atomic E-state index is 12.6. The Kier molecular flexibility index (Phi) is 9.39. The SMILES string of the molecule is CCNC(=NCC1CCCN(C)C1)NC1CCN(C(=O)C(CC)CC)CC1. The Labute approximate surface area is 166 Å². The van der Waals surface area contributed by atoms with Crippen LogP contribution in [0.4, 0.5) is 0 Å². The lowest BCUT2D eigenvalue weighted by atomic mass is 9.98. The molecule has 27 heavy (non-hydrogen) atoms. The van der Waals surface area contributed by atoms with Crippen molar-refractivity contribution < 1.29 is 4.79 Å². The van der Waals surface area contributed by atoms with E-state index in [-0.39, 0.29) is 5.92 Å². The third-order valence-electron chi connectivity index (χ3n) is 6.06. The first kappa shape index (κ1) is 22.0. The lowest BCUT2D eigenvalue weighted by Gasteiger charge is -2.35. The van der Waals surface area contributed by atoms with Crippen molar-refractivity contribution in [2.75, 3.05) is 46.3 Å². The number of aliphatic imine (C=N–C) groups is 1. The Balaban J connectivity index is 1.81. The molecule has 2 aliphatic heterocycles. The van der Waals surface area contributed by atoms with Gasteiger partial charge in [-0.3, -0.25) is 9.79 Å². The number of piperidine rings is 2. The van der Waals surface area contributed by atoms with Crippen molar-refractivity contribution in [2.45, 2.75) is 65.3 Å². The van der Waals surface area contributed by atoms with Crippen LogP contribution in [-0.2, 0) is 4.79 Å². The highest BCUT2D eigenvalue weighted by atomic mass is 16.2. The van der Waals surface area contributed by atoms with Crippen molar-refractivity contribution in [2.24, 2.45) is 16.8 Å². The summed E-state index contributed by atoms with van der Waals surface area (Å²) in [5, 5.41) is 7.01. The van der Waals surface area contributed by atoms with Crippen LogP contribution in [0.5, 0.6) is 0 Å². The first-order chi connectivity index (χ1) is 13.1. The fourth-order valence-corrected chi connectivity index (χ4v) is 4.30. The van der Waals surface area contributed by atoms with Crippen LogP contribution in [0.3, 0.4) is 0 Å². The molecule has 2 saturated heterocycles. The molecule has 2 fully saturated rings. The van der Waals surface area contributed by atoms with Gasteiger partial charge in [-0.1, -0.05) is 13.8 Å². The fraction of sp³-hybridized carbons (Fsp3) is 0.905. The summed E-state index contributed by atoms with van der Waals surface area (Å²) in [5.41, 5.74) is 0. The van der Waals surface area contributed by atoms with E-state index in [2.05, 4.69) is 48.3 Å². The van der Waals surface area contributed by atoms with Gasteiger partial charge in [-0.2, -0.15) is 0 Å². The van der Waals surface area contributed by atoms with Crippen LogP contribution in [0.2, 0.25) is 0 Å². The molecule has 2 N–H and O–H groups in total. The average molecular weight is 380 g/mol. The highest BCUT2D eigenvalue weighted by molar-refractivity contribution is 5.80. The van der Waals surface area contributed by atoms with Gasteiger partial charge < -0.3 is 20.4 Å². The number of likely N-dealkylation sites (tertiary alicyclic amines) is 2. The molecule has 0 radical (unpaired) electrons. The summed E-state index contributed by atoms with van der Waals surface area (Å²) in [4.78, 5) is 21.9. The second-order valence-corrected chi connectivity index (χ2v) is 8.25. The standard InChI is InChI=1S/C21H41N5O/c1-5-18(6-2)20(27)26-13-10-19(11-14-26)24-21(22-7-3)23-15-17-9-8-12-25(4)16-17/h17-19H,5-16H2,1-4H3,(H2,22,23,24). The number of guanidine groups is 1. The molecule has 0 aromatic heterocycles. The van der Waals surface area contributed by atoms with E-state index in [1.807, 2.05) is 0 Å². The van der Waals surface area contributed by atoms with Gasteiger partial charge in [0.1, 0.15) is 0 Å². The molecule has 2 aliphatic rings. The van der Waals surface area contributed by atoms with E-state index in [1.54, 1.807) is 0 Å². The zero-order valence-corrected chi connectivity index (χ0v) is 18.0. The average Bonchev–Trinajstić information content (AvgIpc) is 2.68. The zero-order chi connectivity index (χ0) is 19.6. The van der Waals surface area contributed by atoms with E-state index >= 15 is 0 Å². The van der Waals surface area contributed by atoms with Gasteiger partial charge in [0, 0.05) is 44.7 Å². The zero-order valence-electron chi connectivity index (χ0n) is 18.0. The fourth-order valence-electron chi connectivity index (χ4n) is 4.30. The van der Waals surface area contributed by atoms with Gasteiger partial charge in [0.2, 0.25) is 5.91 Å². The Morgan fingerprint density at radius 1 is 1.11 bits per heavy atom. The molecule has 1 amide bonds. The summed E-state index contributed by atoms with van der Waals surface area (Å²) >= 11 is 0. The van der Waals surface area contributed by atoms with Gasteiger partial charge in [0.05, 0.1) is 0 Å². The first-order valence-corrected chi connectivity index (χ1v) is 11.1. The Morgan fingerprint density at radius 2 is 1.81 bits per heavy atom. The summed E-state index contributed by atoms with van der Waals surface area (Å²) < 4.78 is 0. The van der Waals surface area contributed by atoms with Crippen LogP contribution >= 0.6 is 0 Å². The van der Waals surface area contributed by atoms with Crippen molar-refractivity contribution >= 4 is 11.9 Å². The normalized spacial score (nSPS) is 22.9. The van der Waals surface area contributed by atoms with Crippen LogP contribution in [0.1, 0.15) is 59.3 Å². The van der Waals surface area contributed by atoms with E-state index in [0.29, 0.717) is 17.9 Å². The van der Waals surface area contributed by atoms with Gasteiger partial charge in [-0.15, -0.1) is 0 Å². The third kappa shape index (κ3) is 6.98. The Morgan fingerprint density at radius 3 is 2.41 bits per heavy atom. The molecule has 0 saturated carbocycles. The monoisotopic (exact) mass is 379 g/mol. The number of nitrogens with one attached hydrogen (secondary N) is 2. The Hall–Kier alpha value is -1.30. The van der Waals surface area contributed by atoms with Gasteiger partial charge in [-0.05, 0) is 65.0 Å². The van der Waals surface area contributed by atoms with E-state index in [4.69, 9.17) is 4.99 Å². The molecule has 1 unspecified atom stereocenters. The summed E-state index contributed by atoms with van der Waals surface area (Å²) in [7, 11) is 2.20. The number of hydrogen-bond donors (Lipinski definition) is 2. The van der Waals surface area contributed by atoms with Crippen molar-refractivity contribution in [1.82, 2.24) is 20.4 Å². The summed E-state index contributed by atoms with van der Waals surface area (Å²) in [5.74, 6) is 2.15. The maximum atomic E-state index is 12.6. The van der Waals surface area contributed by atoms with Crippen LogP contribution in [0, 0.1) is 11.8 Å². The van der Waals surface area contributed by atoms with Crippen molar-refractivity contribution in [3.8, 4) is 0 Å². The number of carbonyl (C=O) groups excluding carboxylic acids is 1. The van der Waals surface area contributed by atoms with Gasteiger partial charge in [0.25, 0.3) is 0 Å². The predicted molar refractivity (Wildman–Crippen MR) is 113 cm³/mol. The smallest absolute Gasteiger partial charge is 0.225 e. The van der Waals surface area contributed by atoms with Crippen LogP contribution in [-0.4, -0.2) is 74.0 Å². The van der Waals surface area contributed by atoms with Crippen molar-refractivity contribution in [1.29, 1.82) is 0 Å². The predicted octanol–water partition coefficient (Wildman–Crippen LogP) is 2.31. The second-order valence-electron chi connectivity index (χ2n) is 8.25. The topological polar surface area (TPSA) is 60.0 Å². The van der Waals surface area contributed by atoms with Crippen LogP contribution < -0.4 is 10.6 Å². The van der Waals surface area contributed by atoms with E-state index in [9.17, 15) is 4.79 Å². The van der Waals surface area contributed by atoms with Gasteiger partial charge in [-0.25, -0.2) is 0 Å². The Bertz CT molecular complexity index is 469. The number of rotatable bonds is 7. The van der Waals surface area contributed by atoms with E-state index < -0.39 is 0 Å². The molecule has 0 bridgehead atoms. The third-order valence-corrected chi connectivity index (χ3v) is 6.06. The molecule has 0 aromatic carbocycles. The molecule has 156 valence electrons. The molecule has 0 aromatic rings. The van der Waals surface area contributed by atoms with E-state index in [0.717, 1.165) is 64.4 Å².